The van der Waals surface area contributed by atoms with E-state index in [9.17, 15) is 0 Å². The molecule has 0 radical (unpaired) electrons. The molecule has 1 heterocycles. The predicted octanol–water partition coefficient (Wildman–Crippen LogP) is 2.85. The van der Waals surface area contributed by atoms with E-state index in [4.69, 9.17) is 4.74 Å². The Morgan fingerprint density at radius 1 is 1.44 bits per heavy atom. The number of rotatable bonds is 2. The van der Waals surface area contributed by atoms with Crippen molar-refractivity contribution >= 4 is 0 Å². The first kappa shape index (κ1) is 10.2. The lowest BCUT2D eigenvalue weighted by Gasteiger charge is -2.25. The van der Waals surface area contributed by atoms with Crippen molar-refractivity contribution in [3.63, 3.8) is 0 Å². The molecule has 0 amide bonds. The van der Waals surface area contributed by atoms with Crippen molar-refractivity contribution in [2.24, 2.45) is 5.92 Å². The third-order valence-corrected chi connectivity index (χ3v) is 4.08. The van der Waals surface area contributed by atoms with Gasteiger partial charge in [0.1, 0.15) is 5.75 Å². The quantitative estimate of drug-likeness (QED) is 0.822. The summed E-state index contributed by atoms with van der Waals surface area (Å²) in [7, 11) is 0. The van der Waals surface area contributed by atoms with Gasteiger partial charge in [-0.1, -0.05) is 26.0 Å². The molecule has 1 aliphatic heterocycles. The van der Waals surface area contributed by atoms with Gasteiger partial charge in [0.25, 0.3) is 0 Å². The van der Waals surface area contributed by atoms with Gasteiger partial charge in [-0.05, 0) is 36.4 Å². The molecule has 16 heavy (non-hydrogen) atoms. The van der Waals surface area contributed by atoms with E-state index >= 15 is 0 Å². The van der Waals surface area contributed by atoms with Crippen LogP contribution in [0.25, 0.3) is 0 Å². The van der Waals surface area contributed by atoms with Crippen LogP contribution in [0.5, 0.6) is 5.75 Å². The van der Waals surface area contributed by atoms with E-state index in [0.717, 1.165) is 18.9 Å². The fraction of sp³-hybridized carbons (Fsp3) is 0.571. The molecular weight excluding hydrogens is 198 g/mol. The van der Waals surface area contributed by atoms with Crippen molar-refractivity contribution < 1.29 is 4.74 Å². The van der Waals surface area contributed by atoms with Gasteiger partial charge >= 0.3 is 0 Å². The molecule has 0 saturated heterocycles. The third-order valence-electron chi connectivity index (χ3n) is 4.08. The number of ether oxygens (including phenoxy) is 1. The number of hydrogen-bond acceptors (Lipinski definition) is 2. The Kier molecular flexibility index (Phi) is 2.40. The van der Waals surface area contributed by atoms with Crippen LogP contribution in [-0.2, 0) is 0 Å². The standard InChI is InChI=1S/C14H19NO/c1-3-15-14-9(2)10-7-8-16-12-6-4-5-11(14)13(10)12/h4-6,9-10,14-15H,3,7-8H2,1-2H3. The molecule has 0 bridgehead atoms. The van der Waals surface area contributed by atoms with Crippen LogP contribution in [0.3, 0.4) is 0 Å². The first-order valence-electron chi connectivity index (χ1n) is 6.32. The highest BCUT2D eigenvalue weighted by Gasteiger charge is 2.40. The second-order valence-electron chi connectivity index (χ2n) is 4.90. The highest BCUT2D eigenvalue weighted by Crippen LogP contribution is 2.52. The fourth-order valence-corrected chi connectivity index (χ4v) is 3.35. The minimum Gasteiger partial charge on any atom is -0.493 e. The van der Waals surface area contributed by atoms with Gasteiger partial charge in [-0.25, -0.2) is 0 Å². The van der Waals surface area contributed by atoms with E-state index in [0.29, 0.717) is 17.9 Å². The van der Waals surface area contributed by atoms with Crippen LogP contribution in [-0.4, -0.2) is 13.2 Å². The molecule has 1 aliphatic carbocycles. The van der Waals surface area contributed by atoms with Gasteiger partial charge in [0.2, 0.25) is 0 Å². The summed E-state index contributed by atoms with van der Waals surface area (Å²) in [5.41, 5.74) is 2.95. The van der Waals surface area contributed by atoms with Crippen LogP contribution in [0.15, 0.2) is 18.2 Å². The van der Waals surface area contributed by atoms with Crippen molar-refractivity contribution in [2.45, 2.75) is 32.2 Å². The molecule has 0 spiro atoms. The number of nitrogens with one attached hydrogen (secondary N) is 1. The summed E-state index contributed by atoms with van der Waals surface area (Å²) in [4.78, 5) is 0. The monoisotopic (exact) mass is 217 g/mol. The van der Waals surface area contributed by atoms with Crippen LogP contribution in [0.2, 0.25) is 0 Å². The molecule has 0 saturated carbocycles. The molecule has 1 aromatic carbocycles. The van der Waals surface area contributed by atoms with Gasteiger partial charge in [-0.2, -0.15) is 0 Å². The van der Waals surface area contributed by atoms with Crippen LogP contribution < -0.4 is 10.1 Å². The molecule has 1 aromatic rings. The van der Waals surface area contributed by atoms with Crippen molar-refractivity contribution in [3.8, 4) is 5.75 Å². The lowest BCUT2D eigenvalue weighted by molar-refractivity contribution is 0.242. The second-order valence-corrected chi connectivity index (χ2v) is 4.90. The van der Waals surface area contributed by atoms with E-state index < -0.39 is 0 Å². The Balaban J connectivity index is 2.09. The van der Waals surface area contributed by atoms with Crippen LogP contribution in [0.4, 0.5) is 0 Å². The van der Waals surface area contributed by atoms with E-state index in [1.54, 1.807) is 0 Å². The summed E-state index contributed by atoms with van der Waals surface area (Å²) in [6.45, 7) is 6.46. The Labute approximate surface area is 97.0 Å². The first-order valence-corrected chi connectivity index (χ1v) is 6.32. The molecule has 3 unspecified atom stereocenters. The summed E-state index contributed by atoms with van der Waals surface area (Å²) in [5.74, 6) is 2.52. The van der Waals surface area contributed by atoms with Gasteiger partial charge in [0, 0.05) is 11.6 Å². The Bertz CT molecular complexity index is 402. The summed E-state index contributed by atoms with van der Waals surface area (Å²) >= 11 is 0. The van der Waals surface area contributed by atoms with E-state index in [1.807, 2.05) is 0 Å². The Morgan fingerprint density at radius 3 is 3.12 bits per heavy atom. The van der Waals surface area contributed by atoms with E-state index in [2.05, 4.69) is 37.4 Å². The highest BCUT2D eigenvalue weighted by atomic mass is 16.5. The Hall–Kier alpha value is -1.02. The predicted molar refractivity (Wildman–Crippen MR) is 64.9 cm³/mol. The van der Waals surface area contributed by atoms with Crippen molar-refractivity contribution in [1.29, 1.82) is 0 Å². The second kappa shape index (κ2) is 3.77. The highest BCUT2D eigenvalue weighted by molar-refractivity contribution is 5.49. The zero-order chi connectivity index (χ0) is 11.1. The van der Waals surface area contributed by atoms with E-state index in [1.165, 1.54) is 17.5 Å². The average molecular weight is 217 g/mol. The van der Waals surface area contributed by atoms with Crippen LogP contribution >= 0.6 is 0 Å². The van der Waals surface area contributed by atoms with Crippen LogP contribution in [0, 0.1) is 5.92 Å². The van der Waals surface area contributed by atoms with Gasteiger partial charge in [-0.3, -0.25) is 0 Å². The largest absolute Gasteiger partial charge is 0.493 e. The SMILES string of the molecule is CCNC1c2cccc3c2C(CCO3)C1C. The summed E-state index contributed by atoms with van der Waals surface area (Å²) < 4.78 is 5.76. The topological polar surface area (TPSA) is 21.3 Å². The van der Waals surface area contributed by atoms with Gasteiger partial charge in [0.05, 0.1) is 6.61 Å². The molecule has 3 rings (SSSR count). The maximum atomic E-state index is 5.76. The van der Waals surface area contributed by atoms with Gasteiger partial charge in [0.15, 0.2) is 0 Å². The lowest BCUT2D eigenvalue weighted by atomic mass is 9.88. The smallest absolute Gasteiger partial charge is 0.123 e. The molecule has 0 fully saturated rings. The Morgan fingerprint density at radius 2 is 2.31 bits per heavy atom. The summed E-state index contributed by atoms with van der Waals surface area (Å²) in [5, 5.41) is 3.61. The molecule has 2 heteroatoms. The van der Waals surface area contributed by atoms with Gasteiger partial charge < -0.3 is 10.1 Å². The number of hydrogen-bond donors (Lipinski definition) is 1. The molecule has 3 atom stereocenters. The molecule has 0 aromatic heterocycles. The minimum atomic E-state index is 0.520. The van der Waals surface area contributed by atoms with Crippen molar-refractivity contribution in [2.75, 3.05) is 13.2 Å². The van der Waals surface area contributed by atoms with E-state index in [-0.39, 0.29) is 0 Å². The molecule has 86 valence electrons. The van der Waals surface area contributed by atoms with Crippen molar-refractivity contribution in [3.05, 3.63) is 29.3 Å². The normalized spacial score (nSPS) is 31.0. The zero-order valence-corrected chi connectivity index (χ0v) is 9.99. The maximum Gasteiger partial charge on any atom is 0.123 e. The maximum absolute atomic E-state index is 5.76. The zero-order valence-electron chi connectivity index (χ0n) is 9.99. The number of benzene rings is 1. The fourth-order valence-electron chi connectivity index (χ4n) is 3.35. The first-order chi connectivity index (χ1) is 7.83. The van der Waals surface area contributed by atoms with Gasteiger partial charge in [-0.15, -0.1) is 0 Å². The summed E-state index contributed by atoms with van der Waals surface area (Å²) in [6, 6.07) is 7.02. The minimum absolute atomic E-state index is 0.520. The molecule has 2 aliphatic rings. The third kappa shape index (κ3) is 1.29. The summed E-state index contributed by atoms with van der Waals surface area (Å²) in [6.07, 6.45) is 1.17. The molecule has 2 nitrogen and oxygen atoms in total. The lowest BCUT2D eigenvalue weighted by Crippen LogP contribution is -2.25. The molecular formula is C14H19NO. The van der Waals surface area contributed by atoms with Crippen molar-refractivity contribution in [1.82, 2.24) is 5.32 Å². The van der Waals surface area contributed by atoms with Crippen LogP contribution in [0.1, 0.15) is 43.4 Å². The molecule has 1 N–H and O–H groups in total. The average Bonchev–Trinajstić information content (AvgIpc) is 2.58.